The van der Waals surface area contributed by atoms with Gasteiger partial charge in [0.25, 0.3) is 5.91 Å². The molecule has 0 radical (unpaired) electrons. The smallest absolute Gasteiger partial charge is 0.255 e. The molecule has 1 amide bonds. The number of hydrogen-bond acceptors (Lipinski definition) is 5. The molecule has 0 bridgehead atoms. The van der Waals surface area contributed by atoms with E-state index in [2.05, 4.69) is 15.4 Å². The lowest BCUT2D eigenvalue weighted by Crippen LogP contribution is -2.23. The quantitative estimate of drug-likeness (QED) is 0.506. The highest BCUT2D eigenvalue weighted by Gasteiger charge is 2.19. The molecule has 0 spiro atoms. The van der Waals surface area contributed by atoms with Crippen molar-refractivity contribution < 1.29 is 9.53 Å². The largest absolute Gasteiger partial charge is 0.481 e. The van der Waals surface area contributed by atoms with Crippen LogP contribution in [-0.4, -0.2) is 27.8 Å². The van der Waals surface area contributed by atoms with Crippen LogP contribution < -0.4 is 10.1 Å². The molecule has 0 saturated carbocycles. The van der Waals surface area contributed by atoms with Crippen molar-refractivity contribution in [2.75, 3.05) is 7.11 Å². The molecule has 0 saturated heterocycles. The van der Waals surface area contributed by atoms with E-state index in [1.807, 2.05) is 64.7 Å². The van der Waals surface area contributed by atoms with Crippen molar-refractivity contribution in [3.63, 3.8) is 0 Å². The summed E-state index contributed by atoms with van der Waals surface area (Å²) in [6.45, 7) is 0.923. The number of rotatable bonds is 7. The van der Waals surface area contributed by atoms with E-state index in [9.17, 15) is 4.79 Å². The summed E-state index contributed by atoms with van der Waals surface area (Å²) >= 11 is 1.56. The van der Waals surface area contributed by atoms with Gasteiger partial charge in [-0.3, -0.25) is 9.48 Å². The first-order chi connectivity index (χ1) is 14.2. The number of hydrogen-bond donors (Lipinski definition) is 1. The Kier molecular flexibility index (Phi) is 5.67. The van der Waals surface area contributed by atoms with Gasteiger partial charge in [-0.15, -0.1) is 11.3 Å². The van der Waals surface area contributed by atoms with Crippen LogP contribution in [0, 0.1) is 0 Å². The van der Waals surface area contributed by atoms with Crippen LogP contribution in [0.15, 0.2) is 72.4 Å². The van der Waals surface area contributed by atoms with Gasteiger partial charge in [-0.05, 0) is 23.1 Å². The number of benzene rings is 1. The zero-order chi connectivity index (χ0) is 20.1. The molecule has 1 N–H and O–H groups in total. The maximum absolute atomic E-state index is 13.0. The molecule has 0 atom stereocenters. The van der Waals surface area contributed by atoms with Crippen molar-refractivity contribution in [1.82, 2.24) is 20.1 Å². The summed E-state index contributed by atoms with van der Waals surface area (Å²) in [5, 5.41) is 9.63. The summed E-state index contributed by atoms with van der Waals surface area (Å²) < 4.78 is 7.07. The molecule has 6 nitrogen and oxygen atoms in total. The first-order valence-electron chi connectivity index (χ1n) is 9.16. The molecule has 4 rings (SSSR count). The van der Waals surface area contributed by atoms with E-state index in [1.165, 1.54) is 0 Å². The molecule has 0 unspecified atom stereocenters. The maximum Gasteiger partial charge on any atom is 0.255 e. The van der Waals surface area contributed by atoms with Gasteiger partial charge in [-0.1, -0.05) is 42.5 Å². The minimum atomic E-state index is -0.182. The molecule has 0 aliphatic rings. The molecule has 7 heteroatoms. The Morgan fingerprint density at radius 3 is 2.76 bits per heavy atom. The number of pyridine rings is 1. The zero-order valence-electron chi connectivity index (χ0n) is 15.9. The van der Waals surface area contributed by atoms with E-state index in [0.29, 0.717) is 30.2 Å². The average molecular weight is 404 g/mol. The summed E-state index contributed by atoms with van der Waals surface area (Å²) in [4.78, 5) is 18.1. The number of thiophene rings is 1. The Hall–Kier alpha value is -3.45. The van der Waals surface area contributed by atoms with Gasteiger partial charge in [0.2, 0.25) is 5.88 Å². The van der Waals surface area contributed by atoms with Crippen molar-refractivity contribution in [1.29, 1.82) is 0 Å². The van der Waals surface area contributed by atoms with Gasteiger partial charge in [0.15, 0.2) is 0 Å². The van der Waals surface area contributed by atoms with Gasteiger partial charge >= 0.3 is 0 Å². The Bertz CT molecular complexity index is 1090. The predicted octanol–water partition coefficient (Wildman–Crippen LogP) is 3.99. The second-order valence-electron chi connectivity index (χ2n) is 6.41. The first kappa shape index (κ1) is 18.9. The Morgan fingerprint density at radius 2 is 2.00 bits per heavy atom. The van der Waals surface area contributed by atoms with Gasteiger partial charge in [0.1, 0.15) is 5.69 Å². The van der Waals surface area contributed by atoms with E-state index in [0.717, 1.165) is 16.0 Å². The molecule has 29 heavy (non-hydrogen) atoms. The fourth-order valence-corrected chi connectivity index (χ4v) is 3.77. The lowest BCUT2D eigenvalue weighted by Gasteiger charge is -2.08. The minimum absolute atomic E-state index is 0.182. The summed E-state index contributed by atoms with van der Waals surface area (Å²) in [6, 6.07) is 17.7. The molecule has 146 valence electrons. The van der Waals surface area contributed by atoms with Gasteiger partial charge < -0.3 is 10.1 Å². The first-order valence-corrected chi connectivity index (χ1v) is 10.0. The Labute approximate surface area is 172 Å². The molecule has 4 aromatic rings. The van der Waals surface area contributed by atoms with Crippen molar-refractivity contribution in [3.8, 4) is 16.5 Å². The lowest BCUT2D eigenvalue weighted by molar-refractivity contribution is 0.0951. The molecule has 0 aliphatic carbocycles. The number of carbonyl (C=O) groups is 1. The van der Waals surface area contributed by atoms with Crippen LogP contribution in [-0.2, 0) is 13.1 Å². The standard InChI is InChI=1S/C22H20N4O2S/c1-28-22-17(9-5-11-23-22)13-24-21(27)18-15-26(14-16-7-3-2-4-8-16)25-20(18)19-10-6-12-29-19/h2-12,15H,13-14H2,1H3,(H,24,27). The third kappa shape index (κ3) is 4.35. The summed E-state index contributed by atoms with van der Waals surface area (Å²) in [5.74, 6) is 0.324. The van der Waals surface area contributed by atoms with Crippen LogP contribution in [0.1, 0.15) is 21.5 Å². The second kappa shape index (κ2) is 8.70. The fraction of sp³-hybridized carbons (Fsp3) is 0.136. The molecule has 0 aliphatic heterocycles. The molecule has 3 heterocycles. The third-order valence-electron chi connectivity index (χ3n) is 4.43. The fourth-order valence-electron chi connectivity index (χ4n) is 3.05. The van der Waals surface area contributed by atoms with Crippen LogP contribution in [0.3, 0.4) is 0 Å². The number of nitrogens with zero attached hydrogens (tertiary/aromatic N) is 3. The average Bonchev–Trinajstić information content (AvgIpc) is 3.43. The van der Waals surface area contributed by atoms with Crippen molar-refractivity contribution >= 4 is 17.2 Å². The molecular weight excluding hydrogens is 384 g/mol. The monoisotopic (exact) mass is 404 g/mol. The van der Waals surface area contributed by atoms with Crippen molar-refractivity contribution in [3.05, 3.63) is 89.1 Å². The van der Waals surface area contributed by atoms with Gasteiger partial charge in [0.05, 0.1) is 24.1 Å². The number of carbonyl (C=O) groups excluding carboxylic acids is 1. The van der Waals surface area contributed by atoms with Crippen LogP contribution >= 0.6 is 11.3 Å². The topological polar surface area (TPSA) is 69.0 Å². The Balaban J connectivity index is 1.58. The van der Waals surface area contributed by atoms with Crippen LogP contribution in [0.5, 0.6) is 5.88 Å². The molecule has 0 fully saturated rings. The highest BCUT2D eigenvalue weighted by atomic mass is 32.1. The summed E-state index contributed by atoms with van der Waals surface area (Å²) in [6.07, 6.45) is 3.46. The molecular formula is C22H20N4O2S. The Morgan fingerprint density at radius 1 is 1.14 bits per heavy atom. The zero-order valence-corrected chi connectivity index (χ0v) is 16.7. The lowest BCUT2D eigenvalue weighted by atomic mass is 10.2. The van der Waals surface area contributed by atoms with Crippen molar-refractivity contribution in [2.24, 2.45) is 0 Å². The van der Waals surface area contributed by atoms with Gasteiger partial charge in [0, 0.05) is 24.5 Å². The van der Waals surface area contributed by atoms with E-state index in [4.69, 9.17) is 4.74 Å². The highest BCUT2D eigenvalue weighted by molar-refractivity contribution is 7.13. The van der Waals surface area contributed by atoms with Gasteiger partial charge in [-0.2, -0.15) is 5.10 Å². The predicted molar refractivity (Wildman–Crippen MR) is 113 cm³/mol. The normalized spacial score (nSPS) is 10.7. The SMILES string of the molecule is COc1ncccc1CNC(=O)c1cn(Cc2ccccc2)nc1-c1cccs1. The van der Waals surface area contributed by atoms with E-state index >= 15 is 0 Å². The number of methoxy groups -OCH3 is 1. The van der Waals surface area contributed by atoms with E-state index in [-0.39, 0.29) is 5.91 Å². The summed E-state index contributed by atoms with van der Waals surface area (Å²) in [5.41, 5.74) is 3.18. The van der Waals surface area contributed by atoms with Crippen LogP contribution in [0.2, 0.25) is 0 Å². The molecule has 3 aromatic heterocycles. The number of ether oxygens (including phenoxy) is 1. The van der Waals surface area contributed by atoms with Crippen molar-refractivity contribution in [2.45, 2.75) is 13.1 Å². The van der Waals surface area contributed by atoms with E-state index < -0.39 is 0 Å². The maximum atomic E-state index is 13.0. The number of amides is 1. The number of aromatic nitrogens is 3. The minimum Gasteiger partial charge on any atom is -0.481 e. The molecule has 1 aromatic carbocycles. The van der Waals surface area contributed by atoms with E-state index in [1.54, 1.807) is 30.8 Å². The van der Waals surface area contributed by atoms with Crippen LogP contribution in [0.4, 0.5) is 0 Å². The third-order valence-corrected chi connectivity index (χ3v) is 5.31. The van der Waals surface area contributed by atoms with Gasteiger partial charge in [-0.25, -0.2) is 4.98 Å². The highest BCUT2D eigenvalue weighted by Crippen LogP contribution is 2.27. The number of nitrogens with one attached hydrogen (secondary N) is 1. The second-order valence-corrected chi connectivity index (χ2v) is 7.35. The summed E-state index contributed by atoms with van der Waals surface area (Å²) in [7, 11) is 1.57. The van der Waals surface area contributed by atoms with Crippen LogP contribution in [0.25, 0.3) is 10.6 Å².